The highest BCUT2D eigenvalue weighted by atomic mass is 16.5. The highest BCUT2D eigenvalue weighted by molar-refractivity contribution is 5.73. The Morgan fingerprint density at radius 2 is 1.33 bits per heavy atom. The van der Waals surface area contributed by atoms with E-state index in [1.54, 1.807) is 7.11 Å². The first-order chi connectivity index (χ1) is 14.8. The number of rotatable bonds is 7. The third-order valence-electron chi connectivity index (χ3n) is 5.08. The van der Waals surface area contributed by atoms with Gasteiger partial charge in [-0.3, -0.25) is 0 Å². The van der Waals surface area contributed by atoms with Crippen LogP contribution in [0, 0.1) is 0 Å². The predicted molar refractivity (Wildman–Crippen MR) is 120 cm³/mol. The first kappa shape index (κ1) is 19.7. The van der Waals surface area contributed by atoms with Crippen molar-refractivity contribution in [3.8, 4) is 22.6 Å². The number of ether oxygens (including phenoxy) is 2. The van der Waals surface area contributed by atoms with Gasteiger partial charge in [0.1, 0.15) is 24.2 Å². The van der Waals surface area contributed by atoms with Gasteiger partial charge >= 0.3 is 0 Å². The minimum Gasteiger partial charge on any atom is -0.496 e. The number of hydrogen-bond acceptors (Lipinski definition) is 3. The molecule has 0 amide bonds. The van der Waals surface area contributed by atoms with E-state index >= 15 is 0 Å². The molecule has 0 radical (unpaired) electrons. The van der Waals surface area contributed by atoms with Crippen molar-refractivity contribution < 1.29 is 14.6 Å². The molecular weight excluding hydrogens is 372 g/mol. The Morgan fingerprint density at radius 1 is 0.700 bits per heavy atom. The summed E-state index contributed by atoms with van der Waals surface area (Å²) in [5, 5.41) is 11.3. The summed E-state index contributed by atoms with van der Waals surface area (Å²) in [5.41, 5.74) is 4.46. The molecule has 3 nitrogen and oxygen atoms in total. The highest BCUT2D eigenvalue weighted by Crippen LogP contribution is 2.40. The Bertz CT molecular complexity index is 1090. The van der Waals surface area contributed by atoms with Crippen molar-refractivity contribution in [2.24, 2.45) is 0 Å². The van der Waals surface area contributed by atoms with Crippen LogP contribution in [-0.2, 0) is 6.61 Å². The molecule has 0 spiro atoms. The van der Waals surface area contributed by atoms with E-state index in [0.717, 1.165) is 16.7 Å². The van der Waals surface area contributed by atoms with Gasteiger partial charge < -0.3 is 14.6 Å². The molecule has 1 unspecified atom stereocenters. The maximum atomic E-state index is 11.3. The van der Waals surface area contributed by atoms with E-state index in [-0.39, 0.29) is 0 Å². The van der Waals surface area contributed by atoms with Crippen LogP contribution >= 0.6 is 0 Å². The SMILES string of the molecule is COc1ccccc1C(O)c1cccc(-c2ccccc2)c1OCc1ccccc1. The van der Waals surface area contributed by atoms with Gasteiger partial charge in [0.25, 0.3) is 0 Å². The molecular formula is C27H24O3. The van der Waals surface area contributed by atoms with Crippen molar-refractivity contribution in [2.45, 2.75) is 12.7 Å². The zero-order valence-corrected chi connectivity index (χ0v) is 16.9. The number of aliphatic hydroxyl groups excluding tert-OH is 1. The molecule has 30 heavy (non-hydrogen) atoms. The standard InChI is InChI=1S/C27H24O3/c1-29-25-18-9-8-15-23(25)26(28)24-17-10-16-22(21-13-6-3-7-14-21)27(24)30-19-20-11-4-2-5-12-20/h2-18,26,28H,19H2,1H3. The van der Waals surface area contributed by atoms with Gasteiger partial charge in [0.05, 0.1) is 7.11 Å². The summed E-state index contributed by atoms with van der Waals surface area (Å²) in [7, 11) is 1.61. The summed E-state index contributed by atoms with van der Waals surface area (Å²) in [6, 6.07) is 33.5. The van der Waals surface area contributed by atoms with Crippen LogP contribution in [0.1, 0.15) is 22.8 Å². The number of benzene rings is 4. The number of para-hydroxylation sites is 2. The largest absolute Gasteiger partial charge is 0.496 e. The quantitative estimate of drug-likeness (QED) is 0.415. The lowest BCUT2D eigenvalue weighted by Crippen LogP contribution is -2.07. The average Bonchev–Trinajstić information content (AvgIpc) is 2.83. The lowest BCUT2D eigenvalue weighted by Gasteiger charge is -2.21. The summed E-state index contributed by atoms with van der Waals surface area (Å²) in [6.07, 6.45) is -0.879. The number of methoxy groups -OCH3 is 1. The summed E-state index contributed by atoms with van der Waals surface area (Å²) >= 11 is 0. The molecule has 1 N–H and O–H groups in total. The third-order valence-corrected chi connectivity index (χ3v) is 5.08. The van der Waals surface area contributed by atoms with E-state index in [1.165, 1.54) is 0 Å². The van der Waals surface area contributed by atoms with Crippen LogP contribution in [-0.4, -0.2) is 12.2 Å². The van der Waals surface area contributed by atoms with Gasteiger partial charge in [-0.05, 0) is 17.2 Å². The number of hydrogen-bond donors (Lipinski definition) is 1. The van der Waals surface area contributed by atoms with E-state index in [1.807, 2.05) is 103 Å². The van der Waals surface area contributed by atoms with Crippen LogP contribution in [0.5, 0.6) is 11.5 Å². The second-order valence-corrected chi connectivity index (χ2v) is 7.01. The summed E-state index contributed by atoms with van der Waals surface area (Å²) < 4.78 is 11.8. The van der Waals surface area contributed by atoms with Crippen molar-refractivity contribution >= 4 is 0 Å². The van der Waals surface area contributed by atoms with Gasteiger partial charge in [0.15, 0.2) is 0 Å². The molecule has 0 saturated carbocycles. The predicted octanol–water partition coefficient (Wildman–Crippen LogP) is 6.02. The van der Waals surface area contributed by atoms with Crippen LogP contribution in [0.25, 0.3) is 11.1 Å². The molecule has 0 saturated heterocycles. The average molecular weight is 396 g/mol. The second kappa shape index (κ2) is 9.29. The van der Waals surface area contributed by atoms with E-state index in [2.05, 4.69) is 0 Å². The van der Waals surface area contributed by atoms with E-state index in [0.29, 0.717) is 29.2 Å². The molecule has 3 heteroatoms. The zero-order chi connectivity index (χ0) is 20.8. The fourth-order valence-corrected chi connectivity index (χ4v) is 3.57. The minimum absolute atomic E-state index is 0.413. The van der Waals surface area contributed by atoms with Crippen molar-refractivity contribution in [2.75, 3.05) is 7.11 Å². The van der Waals surface area contributed by atoms with E-state index in [9.17, 15) is 5.11 Å². The Morgan fingerprint density at radius 3 is 2.07 bits per heavy atom. The smallest absolute Gasteiger partial charge is 0.133 e. The van der Waals surface area contributed by atoms with Gasteiger partial charge in [-0.25, -0.2) is 0 Å². The summed E-state index contributed by atoms with van der Waals surface area (Å²) in [6.45, 7) is 0.413. The third kappa shape index (κ3) is 4.22. The van der Waals surface area contributed by atoms with Gasteiger partial charge in [0.2, 0.25) is 0 Å². The van der Waals surface area contributed by atoms with Crippen LogP contribution in [0.4, 0.5) is 0 Å². The van der Waals surface area contributed by atoms with E-state index in [4.69, 9.17) is 9.47 Å². The van der Waals surface area contributed by atoms with Crippen molar-refractivity contribution in [3.63, 3.8) is 0 Å². The lowest BCUT2D eigenvalue weighted by atomic mass is 9.95. The fraction of sp³-hybridized carbons (Fsp3) is 0.111. The second-order valence-electron chi connectivity index (χ2n) is 7.01. The Balaban J connectivity index is 1.79. The molecule has 4 aromatic rings. The molecule has 0 heterocycles. The molecule has 0 fully saturated rings. The number of aliphatic hydroxyl groups is 1. The Kier molecular flexibility index (Phi) is 6.11. The first-order valence-electron chi connectivity index (χ1n) is 9.94. The van der Waals surface area contributed by atoms with Gasteiger partial charge in [-0.1, -0.05) is 97.1 Å². The Hall–Kier alpha value is -3.56. The summed E-state index contributed by atoms with van der Waals surface area (Å²) in [5.74, 6) is 1.31. The van der Waals surface area contributed by atoms with Crippen LogP contribution < -0.4 is 9.47 Å². The molecule has 150 valence electrons. The molecule has 0 aliphatic carbocycles. The van der Waals surface area contributed by atoms with Crippen molar-refractivity contribution in [1.82, 2.24) is 0 Å². The molecule has 0 aromatic heterocycles. The van der Waals surface area contributed by atoms with Crippen molar-refractivity contribution in [1.29, 1.82) is 0 Å². The van der Waals surface area contributed by atoms with Gasteiger partial charge in [0, 0.05) is 16.7 Å². The molecule has 0 aliphatic heterocycles. The molecule has 0 bridgehead atoms. The molecule has 0 aliphatic rings. The topological polar surface area (TPSA) is 38.7 Å². The first-order valence-corrected chi connectivity index (χ1v) is 9.94. The maximum absolute atomic E-state index is 11.3. The van der Waals surface area contributed by atoms with Crippen LogP contribution in [0.3, 0.4) is 0 Å². The fourth-order valence-electron chi connectivity index (χ4n) is 3.57. The monoisotopic (exact) mass is 396 g/mol. The van der Waals surface area contributed by atoms with Crippen molar-refractivity contribution in [3.05, 3.63) is 120 Å². The molecule has 4 aromatic carbocycles. The lowest BCUT2D eigenvalue weighted by molar-refractivity contribution is 0.205. The molecule has 1 atom stereocenters. The highest BCUT2D eigenvalue weighted by Gasteiger charge is 2.22. The maximum Gasteiger partial charge on any atom is 0.133 e. The normalized spacial score (nSPS) is 11.7. The van der Waals surface area contributed by atoms with Crippen LogP contribution in [0.2, 0.25) is 0 Å². The van der Waals surface area contributed by atoms with Gasteiger partial charge in [-0.2, -0.15) is 0 Å². The van der Waals surface area contributed by atoms with Crippen LogP contribution in [0.15, 0.2) is 103 Å². The Labute approximate surface area is 177 Å². The zero-order valence-electron chi connectivity index (χ0n) is 16.9. The van der Waals surface area contributed by atoms with E-state index < -0.39 is 6.10 Å². The summed E-state index contributed by atoms with van der Waals surface area (Å²) in [4.78, 5) is 0. The molecule has 4 rings (SSSR count). The minimum atomic E-state index is -0.879. The van der Waals surface area contributed by atoms with Gasteiger partial charge in [-0.15, -0.1) is 0 Å².